The summed E-state index contributed by atoms with van der Waals surface area (Å²) in [6.45, 7) is 3.54. The number of nitrogens with zero attached hydrogens (tertiary/aromatic N) is 6. The van der Waals surface area contributed by atoms with Crippen LogP contribution in [0.1, 0.15) is 17.2 Å². The first-order chi connectivity index (χ1) is 16.4. The van der Waals surface area contributed by atoms with Crippen LogP contribution in [0.5, 0.6) is 0 Å². The number of hydrogen-bond donors (Lipinski definition) is 2. The molecule has 0 spiro atoms. The van der Waals surface area contributed by atoms with Crippen LogP contribution in [0, 0.1) is 30.9 Å². The molecule has 3 aromatic heterocycles. The smallest absolute Gasteiger partial charge is 0.149 e. The van der Waals surface area contributed by atoms with E-state index in [9.17, 15) is 8.78 Å². The first kappa shape index (κ1) is 21.3. The normalized spacial score (nSPS) is 11.9. The van der Waals surface area contributed by atoms with Gasteiger partial charge in [0.15, 0.2) is 0 Å². The van der Waals surface area contributed by atoms with Gasteiger partial charge in [-0.2, -0.15) is 0 Å². The number of imidazole rings is 1. The predicted molar refractivity (Wildman–Crippen MR) is 126 cm³/mol. The molecule has 0 radical (unpaired) electrons. The van der Waals surface area contributed by atoms with E-state index in [0.29, 0.717) is 45.2 Å². The van der Waals surface area contributed by atoms with Gasteiger partial charge in [0.05, 0.1) is 22.3 Å². The Labute approximate surface area is 192 Å². The summed E-state index contributed by atoms with van der Waals surface area (Å²) in [6.07, 6.45) is 3.92. The molecular weight excluding hydrogens is 438 g/mol. The van der Waals surface area contributed by atoms with Crippen LogP contribution in [0.3, 0.4) is 0 Å². The molecule has 3 N–H and O–H groups in total. The maximum Gasteiger partial charge on any atom is 0.149 e. The number of fused-ring (bicyclic) bond motifs is 2. The predicted octanol–water partition coefficient (Wildman–Crippen LogP) is 4.24. The van der Waals surface area contributed by atoms with Crippen LogP contribution in [0.25, 0.3) is 38.9 Å². The van der Waals surface area contributed by atoms with E-state index < -0.39 is 11.6 Å². The molecule has 5 aromatic rings. The molecule has 0 aliphatic heterocycles. The largest absolute Gasteiger partial charge is 0.383 e. The Morgan fingerprint density at radius 2 is 1.76 bits per heavy atom. The van der Waals surface area contributed by atoms with Crippen LogP contribution in [-0.2, 0) is 0 Å². The molecule has 0 aliphatic carbocycles. The van der Waals surface area contributed by atoms with Crippen molar-refractivity contribution in [3.63, 3.8) is 0 Å². The fourth-order valence-electron chi connectivity index (χ4n) is 4.06. The number of rotatable bonds is 4. The van der Waals surface area contributed by atoms with E-state index in [0.717, 1.165) is 18.5 Å². The third-order valence-electron chi connectivity index (χ3n) is 5.49. The Morgan fingerprint density at radius 3 is 2.53 bits per heavy atom. The molecule has 0 atom stereocenters. The second-order valence-corrected chi connectivity index (χ2v) is 7.60. The Hall–Kier alpha value is -4.60. The fraction of sp³-hybridized carbons (Fsp3) is 0.0833. The lowest BCUT2D eigenvalue weighted by Crippen LogP contribution is -2.14. The maximum atomic E-state index is 14.9. The summed E-state index contributed by atoms with van der Waals surface area (Å²) in [5, 5.41) is 7.37. The highest BCUT2D eigenvalue weighted by Crippen LogP contribution is 2.33. The summed E-state index contributed by atoms with van der Waals surface area (Å²) in [4.78, 5) is 21.3. The van der Waals surface area contributed by atoms with Crippen LogP contribution in [-0.4, -0.2) is 36.7 Å². The van der Waals surface area contributed by atoms with Crippen molar-refractivity contribution in [1.82, 2.24) is 24.5 Å². The molecule has 0 amide bonds. The van der Waals surface area contributed by atoms with Crippen LogP contribution in [0.2, 0.25) is 0 Å². The summed E-state index contributed by atoms with van der Waals surface area (Å²) in [6, 6.07) is 9.12. The molecule has 5 rings (SSSR count). The molecule has 0 bridgehead atoms. The molecule has 2 aromatic carbocycles. The number of aryl methyl sites for hydroxylation is 2. The van der Waals surface area contributed by atoms with Gasteiger partial charge in [0, 0.05) is 23.5 Å². The molecule has 0 unspecified atom stereocenters. The minimum atomic E-state index is -0.625. The van der Waals surface area contributed by atoms with E-state index in [1.165, 1.54) is 6.20 Å². The summed E-state index contributed by atoms with van der Waals surface area (Å²) < 4.78 is 31.1. The SMILES string of the molecule is Cc1nccc(-c2cc(C(N)=NC=N)c3nc(C)n(-c4ccnc5c(F)ccc(F)c45)c3c2)n1. The third kappa shape index (κ3) is 3.36. The molecular formula is C24H18F2N8. The van der Waals surface area contributed by atoms with Crippen molar-refractivity contribution >= 4 is 34.1 Å². The highest BCUT2D eigenvalue weighted by atomic mass is 19.1. The number of aliphatic imine (C=N–C) groups is 1. The average Bonchev–Trinajstić information content (AvgIpc) is 3.16. The first-order valence-corrected chi connectivity index (χ1v) is 10.3. The van der Waals surface area contributed by atoms with Gasteiger partial charge in [-0.25, -0.2) is 28.7 Å². The Bertz CT molecular complexity index is 1640. The summed E-state index contributed by atoms with van der Waals surface area (Å²) in [5.74, 6) is -0.0308. The van der Waals surface area contributed by atoms with Crippen molar-refractivity contribution in [3.8, 4) is 16.9 Å². The van der Waals surface area contributed by atoms with Crippen LogP contribution < -0.4 is 5.73 Å². The number of hydrogen-bond acceptors (Lipinski definition) is 5. The number of aromatic nitrogens is 5. The van der Waals surface area contributed by atoms with E-state index in [2.05, 4.69) is 24.9 Å². The van der Waals surface area contributed by atoms with Gasteiger partial charge in [0.1, 0.15) is 46.5 Å². The van der Waals surface area contributed by atoms with Crippen molar-refractivity contribution in [2.24, 2.45) is 10.7 Å². The van der Waals surface area contributed by atoms with Gasteiger partial charge in [0.2, 0.25) is 0 Å². The molecule has 0 fully saturated rings. The fourth-order valence-corrected chi connectivity index (χ4v) is 4.06. The van der Waals surface area contributed by atoms with Gasteiger partial charge in [-0.3, -0.25) is 15.0 Å². The lowest BCUT2D eigenvalue weighted by atomic mass is 10.0. The molecule has 0 saturated carbocycles. The van der Waals surface area contributed by atoms with Crippen LogP contribution >= 0.6 is 0 Å². The molecule has 0 aliphatic rings. The second kappa shape index (κ2) is 8.07. The molecule has 3 heterocycles. The summed E-state index contributed by atoms with van der Waals surface area (Å²) in [5.41, 5.74) is 9.38. The van der Waals surface area contributed by atoms with E-state index in [4.69, 9.17) is 11.1 Å². The zero-order chi connectivity index (χ0) is 24.0. The van der Waals surface area contributed by atoms with Gasteiger partial charge in [-0.05, 0) is 50.2 Å². The van der Waals surface area contributed by atoms with Gasteiger partial charge < -0.3 is 5.73 Å². The van der Waals surface area contributed by atoms with Gasteiger partial charge in [-0.15, -0.1) is 0 Å². The molecule has 10 heteroatoms. The van der Waals surface area contributed by atoms with E-state index >= 15 is 0 Å². The quantitative estimate of drug-likeness (QED) is 0.310. The highest BCUT2D eigenvalue weighted by molar-refractivity contribution is 6.11. The summed E-state index contributed by atoms with van der Waals surface area (Å²) >= 11 is 0. The van der Waals surface area contributed by atoms with E-state index in [-0.39, 0.29) is 16.7 Å². The number of nitrogens with two attached hydrogens (primary N) is 1. The first-order valence-electron chi connectivity index (χ1n) is 10.3. The van der Waals surface area contributed by atoms with E-state index in [1.807, 2.05) is 6.07 Å². The van der Waals surface area contributed by atoms with Gasteiger partial charge in [0.25, 0.3) is 0 Å². The van der Waals surface area contributed by atoms with Crippen LogP contribution in [0.15, 0.2) is 53.8 Å². The third-order valence-corrected chi connectivity index (χ3v) is 5.49. The van der Waals surface area contributed by atoms with Crippen molar-refractivity contribution in [1.29, 1.82) is 5.41 Å². The zero-order valence-corrected chi connectivity index (χ0v) is 18.2. The molecule has 0 saturated heterocycles. The standard InChI is InChI=1S/C24H18F2N8/c1-12-29-7-5-18(32-12)14-9-15(24(28)31-11-27)22-20(10-14)34(13(2)33-22)19-6-8-30-23-17(26)4-3-16(25)21(19)23/h3-11H,1-2H3,(H3,27,28,31). The van der Waals surface area contributed by atoms with Crippen LogP contribution in [0.4, 0.5) is 8.78 Å². The van der Waals surface area contributed by atoms with Crippen molar-refractivity contribution in [2.45, 2.75) is 13.8 Å². The monoisotopic (exact) mass is 456 g/mol. The molecule has 168 valence electrons. The maximum absolute atomic E-state index is 14.9. The van der Waals surface area contributed by atoms with Gasteiger partial charge in [-0.1, -0.05) is 0 Å². The average molecular weight is 456 g/mol. The molecule has 8 nitrogen and oxygen atoms in total. The Kier molecular flexibility index (Phi) is 5.05. The van der Waals surface area contributed by atoms with Crippen molar-refractivity contribution < 1.29 is 8.78 Å². The zero-order valence-electron chi connectivity index (χ0n) is 18.2. The number of amidine groups is 1. The van der Waals surface area contributed by atoms with Gasteiger partial charge >= 0.3 is 0 Å². The Balaban J connectivity index is 1.91. The minimum absolute atomic E-state index is 0.0378. The second-order valence-electron chi connectivity index (χ2n) is 7.60. The number of nitrogens with one attached hydrogen (secondary N) is 1. The van der Waals surface area contributed by atoms with Crippen molar-refractivity contribution in [3.05, 3.63) is 77.6 Å². The lowest BCUT2D eigenvalue weighted by molar-refractivity contribution is 0.615. The minimum Gasteiger partial charge on any atom is -0.383 e. The highest BCUT2D eigenvalue weighted by Gasteiger charge is 2.21. The number of halogens is 2. The van der Waals surface area contributed by atoms with Crippen molar-refractivity contribution in [2.75, 3.05) is 0 Å². The molecule has 34 heavy (non-hydrogen) atoms. The Morgan fingerprint density at radius 1 is 1.00 bits per heavy atom. The lowest BCUT2D eigenvalue weighted by Gasteiger charge is -2.13. The summed E-state index contributed by atoms with van der Waals surface area (Å²) in [7, 11) is 0. The topological polar surface area (TPSA) is 119 Å². The van der Waals surface area contributed by atoms with E-state index in [1.54, 1.807) is 42.8 Å². The number of benzene rings is 2. The number of pyridine rings is 1.